The van der Waals surface area contributed by atoms with Gasteiger partial charge in [0.25, 0.3) is 0 Å². The number of hydrogen-bond acceptors (Lipinski definition) is 3. The van der Waals surface area contributed by atoms with Gasteiger partial charge in [0.1, 0.15) is 5.71 Å². The van der Waals surface area contributed by atoms with Crippen molar-refractivity contribution in [1.29, 1.82) is 0 Å². The summed E-state index contributed by atoms with van der Waals surface area (Å²) >= 11 is 0. The average Bonchev–Trinajstić information content (AvgIpc) is 3.01. The third-order valence-corrected chi connectivity index (χ3v) is 3.81. The summed E-state index contributed by atoms with van der Waals surface area (Å²) in [5.41, 5.74) is 0.675. The number of anilines is 2. The average molecular weight is 349 g/mol. The van der Waals surface area contributed by atoms with Crippen LogP contribution in [0.2, 0.25) is 0 Å². The predicted molar refractivity (Wildman–Crippen MR) is 87.9 cm³/mol. The standard InChI is InChI=1S/C17H14F3N3O2/c18-17(19,20)15-10-14(23(22-15)13-4-2-1-3-5-13)11-6-8-12(9-7-11)21-16(24)25/h1-9,14,21H,10H2,(H,24,25). The van der Waals surface area contributed by atoms with Crippen LogP contribution in [-0.4, -0.2) is 23.1 Å². The van der Waals surface area contributed by atoms with Gasteiger partial charge in [-0.3, -0.25) is 10.3 Å². The number of halogens is 3. The normalized spacial score (nSPS) is 17.3. The van der Waals surface area contributed by atoms with Crippen molar-refractivity contribution in [3.63, 3.8) is 0 Å². The molecule has 5 nitrogen and oxygen atoms in total. The summed E-state index contributed by atoms with van der Waals surface area (Å²) in [5.74, 6) is 0. The van der Waals surface area contributed by atoms with Crippen molar-refractivity contribution in [2.45, 2.75) is 18.6 Å². The molecule has 1 amide bonds. The third kappa shape index (κ3) is 3.73. The Labute approximate surface area is 141 Å². The molecule has 130 valence electrons. The number of benzene rings is 2. The molecule has 0 saturated carbocycles. The Morgan fingerprint density at radius 1 is 1.12 bits per heavy atom. The van der Waals surface area contributed by atoms with Crippen LogP contribution >= 0.6 is 0 Å². The number of carboxylic acid groups (broad SMARTS) is 1. The van der Waals surface area contributed by atoms with E-state index in [-0.39, 0.29) is 6.42 Å². The highest BCUT2D eigenvalue weighted by atomic mass is 19.4. The maximum absolute atomic E-state index is 13.1. The highest BCUT2D eigenvalue weighted by molar-refractivity contribution is 5.93. The molecule has 0 aromatic heterocycles. The molecule has 0 saturated heterocycles. The first-order valence-corrected chi connectivity index (χ1v) is 7.43. The Balaban J connectivity index is 1.92. The Kier molecular flexibility index (Phi) is 4.35. The second-order valence-electron chi connectivity index (χ2n) is 5.50. The van der Waals surface area contributed by atoms with Crippen molar-refractivity contribution in [3.8, 4) is 0 Å². The molecule has 0 aliphatic carbocycles. The number of para-hydroxylation sites is 1. The SMILES string of the molecule is O=C(O)Nc1ccc(C2CC(C(F)(F)F)=NN2c2ccccc2)cc1. The fraction of sp³-hybridized carbons (Fsp3) is 0.176. The summed E-state index contributed by atoms with van der Waals surface area (Å²) in [6.07, 6.45) is -5.97. The lowest BCUT2D eigenvalue weighted by Crippen LogP contribution is -2.21. The second kappa shape index (κ2) is 6.46. The Morgan fingerprint density at radius 2 is 1.76 bits per heavy atom. The summed E-state index contributed by atoms with van der Waals surface area (Å²) in [4.78, 5) is 10.6. The first-order valence-electron chi connectivity index (χ1n) is 7.43. The van der Waals surface area contributed by atoms with E-state index in [9.17, 15) is 18.0 Å². The van der Waals surface area contributed by atoms with Gasteiger partial charge in [-0.1, -0.05) is 30.3 Å². The first-order chi connectivity index (χ1) is 11.8. The van der Waals surface area contributed by atoms with Crippen LogP contribution < -0.4 is 10.3 Å². The van der Waals surface area contributed by atoms with Gasteiger partial charge in [-0.25, -0.2) is 4.79 Å². The maximum Gasteiger partial charge on any atom is 0.431 e. The van der Waals surface area contributed by atoms with Crippen LogP contribution in [0.5, 0.6) is 0 Å². The van der Waals surface area contributed by atoms with Gasteiger partial charge in [-0.15, -0.1) is 0 Å². The number of rotatable bonds is 3. The fourth-order valence-electron chi connectivity index (χ4n) is 2.67. The largest absolute Gasteiger partial charge is 0.465 e. The molecular weight excluding hydrogens is 335 g/mol. The zero-order chi connectivity index (χ0) is 18.0. The molecule has 1 atom stereocenters. The molecule has 1 heterocycles. The zero-order valence-corrected chi connectivity index (χ0v) is 12.9. The van der Waals surface area contributed by atoms with Crippen molar-refractivity contribution < 1.29 is 23.1 Å². The second-order valence-corrected chi connectivity index (χ2v) is 5.50. The van der Waals surface area contributed by atoms with Crippen molar-refractivity contribution >= 4 is 23.2 Å². The molecule has 2 aromatic rings. The smallest absolute Gasteiger partial charge is 0.431 e. The molecule has 1 unspecified atom stereocenters. The van der Waals surface area contributed by atoms with Gasteiger partial charge in [0.15, 0.2) is 0 Å². The van der Waals surface area contributed by atoms with Crippen LogP contribution in [0.25, 0.3) is 0 Å². The number of hydrazone groups is 1. The monoisotopic (exact) mass is 349 g/mol. The molecule has 25 heavy (non-hydrogen) atoms. The molecule has 0 spiro atoms. The summed E-state index contributed by atoms with van der Waals surface area (Å²) in [5, 5.41) is 16.0. The lowest BCUT2D eigenvalue weighted by Gasteiger charge is -2.24. The molecule has 8 heteroatoms. The topological polar surface area (TPSA) is 64.9 Å². The van der Waals surface area contributed by atoms with Gasteiger partial charge in [0, 0.05) is 12.1 Å². The predicted octanol–water partition coefficient (Wildman–Crippen LogP) is 4.65. The fourth-order valence-corrected chi connectivity index (χ4v) is 2.67. The molecular formula is C17H14F3N3O2. The van der Waals surface area contributed by atoms with Crippen LogP contribution in [0.4, 0.5) is 29.3 Å². The number of amides is 1. The van der Waals surface area contributed by atoms with Crippen LogP contribution in [-0.2, 0) is 0 Å². The van der Waals surface area contributed by atoms with Crippen LogP contribution in [0.1, 0.15) is 18.0 Å². The Hall–Kier alpha value is -3.03. The van der Waals surface area contributed by atoms with E-state index in [1.54, 1.807) is 42.5 Å². The highest BCUT2D eigenvalue weighted by Crippen LogP contribution is 2.39. The molecule has 1 aliphatic heterocycles. The molecule has 1 aliphatic rings. The van der Waals surface area contributed by atoms with E-state index >= 15 is 0 Å². The third-order valence-electron chi connectivity index (χ3n) is 3.81. The molecule has 0 radical (unpaired) electrons. The number of nitrogens with zero attached hydrogens (tertiary/aromatic N) is 2. The van der Waals surface area contributed by atoms with E-state index in [0.717, 1.165) is 0 Å². The highest BCUT2D eigenvalue weighted by Gasteiger charge is 2.43. The molecule has 0 fully saturated rings. The quantitative estimate of drug-likeness (QED) is 0.848. The molecule has 2 N–H and O–H groups in total. The minimum Gasteiger partial charge on any atom is -0.465 e. The van der Waals surface area contributed by atoms with E-state index in [1.165, 1.54) is 17.1 Å². The van der Waals surface area contributed by atoms with Crippen molar-refractivity contribution in [2.24, 2.45) is 5.10 Å². The maximum atomic E-state index is 13.1. The van der Waals surface area contributed by atoms with Crippen LogP contribution in [0.15, 0.2) is 59.7 Å². The van der Waals surface area contributed by atoms with Crippen molar-refractivity contribution in [3.05, 3.63) is 60.2 Å². The van der Waals surface area contributed by atoms with Gasteiger partial charge in [-0.2, -0.15) is 18.3 Å². The summed E-state index contributed by atoms with van der Waals surface area (Å²) in [6, 6.07) is 14.2. The summed E-state index contributed by atoms with van der Waals surface area (Å²) < 4.78 is 39.3. The number of alkyl halides is 3. The molecule has 2 aromatic carbocycles. The first kappa shape index (κ1) is 16.8. The van der Waals surface area contributed by atoms with E-state index in [0.29, 0.717) is 16.9 Å². The number of nitrogens with one attached hydrogen (secondary N) is 1. The summed E-state index contributed by atoms with van der Waals surface area (Å²) in [6.45, 7) is 0. The zero-order valence-electron chi connectivity index (χ0n) is 12.9. The van der Waals surface area contributed by atoms with Gasteiger partial charge in [0.05, 0.1) is 11.7 Å². The van der Waals surface area contributed by atoms with Gasteiger partial charge in [-0.05, 0) is 29.8 Å². The van der Waals surface area contributed by atoms with Crippen LogP contribution in [0.3, 0.4) is 0 Å². The van der Waals surface area contributed by atoms with Crippen molar-refractivity contribution in [1.82, 2.24) is 0 Å². The Morgan fingerprint density at radius 3 is 2.32 bits per heavy atom. The van der Waals surface area contributed by atoms with Gasteiger partial charge in [0.2, 0.25) is 0 Å². The van der Waals surface area contributed by atoms with E-state index < -0.39 is 24.0 Å². The minimum absolute atomic E-state index is 0.274. The Bertz CT molecular complexity index is 789. The molecule has 3 rings (SSSR count). The van der Waals surface area contributed by atoms with Gasteiger partial charge >= 0.3 is 12.3 Å². The van der Waals surface area contributed by atoms with Crippen molar-refractivity contribution in [2.75, 3.05) is 10.3 Å². The van der Waals surface area contributed by atoms with E-state index in [4.69, 9.17) is 5.11 Å². The minimum atomic E-state index is -4.49. The summed E-state index contributed by atoms with van der Waals surface area (Å²) in [7, 11) is 0. The van der Waals surface area contributed by atoms with Gasteiger partial charge < -0.3 is 5.11 Å². The number of hydrogen-bond donors (Lipinski definition) is 2. The van der Waals surface area contributed by atoms with Crippen LogP contribution in [0, 0.1) is 0 Å². The lowest BCUT2D eigenvalue weighted by molar-refractivity contribution is -0.0600. The molecule has 0 bridgehead atoms. The lowest BCUT2D eigenvalue weighted by atomic mass is 10.0. The van der Waals surface area contributed by atoms with E-state index in [2.05, 4.69) is 10.4 Å². The number of carbonyl (C=O) groups is 1. The van der Waals surface area contributed by atoms with E-state index in [1.807, 2.05) is 0 Å².